The van der Waals surface area contributed by atoms with Gasteiger partial charge in [0.15, 0.2) is 6.61 Å². The second kappa shape index (κ2) is 8.88. The minimum atomic E-state index is -3.74. The van der Waals surface area contributed by atoms with E-state index in [-0.39, 0.29) is 48.8 Å². The number of nitrogens with zero attached hydrogens (tertiary/aromatic N) is 2. The molecule has 1 N–H and O–H groups in total. The third kappa shape index (κ3) is 4.43. The smallest absolute Gasteiger partial charge is 0.265 e. The minimum absolute atomic E-state index is 0.00750. The summed E-state index contributed by atoms with van der Waals surface area (Å²) in [6.45, 7) is 1.86. The molecule has 30 heavy (non-hydrogen) atoms. The number of hydrogen-bond acceptors (Lipinski definition) is 7. The van der Waals surface area contributed by atoms with E-state index in [4.69, 9.17) is 14.2 Å². The Morgan fingerprint density at radius 3 is 2.73 bits per heavy atom. The topological polar surface area (TPSA) is 114 Å². The van der Waals surface area contributed by atoms with Crippen LogP contribution in [0.5, 0.6) is 5.75 Å². The molecule has 0 aliphatic carbocycles. The number of benzene rings is 1. The van der Waals surface area contributed by atoms with Crippen molar-refractivity contribution >= 4 is 27.5 Å². The zero-order chi connectivity index (χ0) is 21.1. The molecule has 1 atom stereocenters. The number of morpholine rings is 1. The summed E-state index contributed by atoms with van der Waals surface area (Å²) < 4.78 is 43.4. The summed E-state index contributed by atoms with van der Waals surface area (Å²) in [6.07, 6.45) is 1.85. The van der Waals surface area contributed by atoms with Crippen molar-refractivity contribution in [3.05, 3.63) is 18.2 Å². The van der Waals surface area contributed by atoms with Gasteiger partial charge in [-0.25, -0.2) is 8.42 Å². The highest BCUT2D eigenvalue weighted by molar-refractivity contribution is 7.89. The zero-order valence-corrected chi connectivity index (χ0v) is 17.4. The van der Waals surface area contributed by atoms with Gasteiger partial charge in [0, 0.05) is 26.2 Å². The fraction of sp³-hybridized carbons (Fsp3) is 0.579. The van der Waals surface area contributed by atoms with Crippen LogP contribution in [0.15, 0.2) is 23.1 Å². The summed E-state index contributed by atoms with van der Waals surface area (Å²) in [4.78, 5) is 26.2. The SMILES string of the molecule is O=C(CN1C(=O)COc2ccc(S(=O)(=O)N3CCOCC3)cc21)NC[C@H]1CCCO1. The number of ether oxygens (including phenoxy) is 3. The van der Waals surface area contributed by atoms with Gasteiger partial charge in [0.05, 0.1) is 29.9 Å². The number of carbonyl (C=O) groups excluding carboxylic acids is 2. The van der Waals surface area contributed by atoms with Crippen LogP contribution < -0.4 is 15.0 Å². The van der Waals surface area contributed by atoms with Crippen molar-refractivity contribution in [1.82, 2.24) is 9.62 Å². The van der Waals surface area contributed by atoms with Gasteiger partial charge in [-0.15, -0.1) is 0 Å². The molecule has 0 radical (unpaired) electrons. The lowest BCUT2D eigenvalue weighted by molar-refractivity contribution is -0.125. The number of rotatable bonds is 6. The normalized spacial score (nSPS) is 22.5. The van der Waals surface area contributed by atoms with Gasteiger partial charge in [0.2, 0.25) is 15.9 Å². The second-order valence-electron chi connectivity index (χ2n) is 7.35. The molecule has 2 saturated heterocycles. The molecule has 1 aromatic carbocycles. The van der Waals surface area contributed by atoms with E-state index in [0.717, 1.165) is 12.8 Å². The lowest BCUT2D eigenvalue weighted by Gasteiger charge is -2.30. The van der Waals surface area contributed by atoms with E-state index in [1.165, 1.54) is 27.4 Å². The van der Waals surface area contributed by atoms with Crippen molar-refractivity contribution < 1.29 is 32.2 Å². The number of nitrogens with one attached hydrogen (secondary N) is 1. The molecule has 1 aromatic rings. The lowest BCUT2D eigenvalue weighted by atomic mass is 10.2. The van der Waals surface area contributed by atoms with Gasteiger partial charge >= 0.3 is 0 Å². The average Bonchev–Trinajstić information content (AvgIpc) is 3.28. The Labute approximate surface area is 175 Å². The largest absolute Gasteiger partial charge is 0.482 e. The quantitative estimate of drug-likeness (QED) is 0.649. The number of amides is 2. The second-order valence-corrected chi connectivity index (χ2v) is 9.29. The predicted octanol–water partition coefficient (Wildman–Crippen LogP) is -0.272. The van der Waals surface area contributed by atoms with E-state index in [1.807, 2.05) is 0 Å². The maximum Gasteiger partial charge on any atom is 0.265 e. The molecule has 4 rings (SSSR count). The Morgan fingerprint density at radius 2 is 2.00 bits per heavy atom. The fourth-order valence-corrected chi connectivity index (χ4v) is 5.11. The van der Waals surface area contributed by atoms with Gasteiger partial charge < -0.3 is 19.5 Å². The van der Waals surface area contributed by atoms with Gasteiger partial charge in [0.25, 0.3) is 5.91 Å². The Hall–Kier alpha value is -2.21. The molecule has 0 unspecified atom stereocenters. The monoisotopic (exact) mass is 439 g/mol. The Balaban J connectivity index is 1.52. The number of sulfonamides is 1. The van der Waals surface area contributed by atoms with Crippen LogP contribution in [0.4, 0.5) is 5.69 Å². The molecule has 3 heterocycles. The first-order valence-corrected chi connectivity index (χ1v) is 11.4. The first kappa shape index (κ1) is 21.0. The zero-order valence-electron chi connectivity index (χ0n) is 16.5. The molecular weight excluding hydrogens is 414 g/mol. The molecule has 2 amide bonds. The molecule has 0 bridgehead atoms. The molecule has 164 valence electrons. The Morgan fingerprint density at radius 1 is 1.20 bits per heavy atom. The van der Waals surface area contributed by atoms with Crippen LogP contribution in [0.2, 0.25) is 0 Å². The first-order valence-electron chi connectivity index (χ1n) is 9.98. The van der Waals surface area contributed by atoms with Crippen LogP contribution in [-0.4, -0.2) is 83.2 Å². The highest BCUT2D eigenvalue weighted by Gasteiger charge is 2.32. The van der Waals surface area contributed by atoms with Crippen LogP contribution in [0.25, 0.3) is 0 Å². The van der Waals surface area contributed by atoms with Crippen LogP contribution in [0, 0.1) is 0 Å². The van der Waals surface area contributed by atoms with Crippen molar-refractivity contribution in [3.63, 3.8) is 0 Å². The summed E-state index contributed by atoms with van der Waals surface area (Å²) in [5, 5.41) is 2.78. The van der Waals surface area contributed by atoms with Crippen molar-refractivity contribution in [2.75, 3.05) is 57.5 Å². The molecule has 11 heteroatoms. The highest BCUT2D eigenvalue weighted by Crippen LogP contribution is 2.35. The van der Waals surface area contributed by atoms with Crippen molar-refractivity contribution in [2.24, 2.45) is 0 Å². The number of hydrogen-bond donors (Lipinski definition) is 1. The van der Waals surface area contributed by atoms with Gasteiger partial charge in [-0.2, -0.15) is 4.31 Å². The lowest BCUT2D eigenvalue weighted by Crippen LogP contribution is -2.46. The Kier molecular flexibility index (Phi) is 6.23. The predicted molar refractivity (Wildman–Crippen MR) is 106 cm³/mol. The van der Waals surface area contributed by atoms with Crippen LogP contribution in [-0.2, 0) is 29.1 Å². The molecule has 10 nitrogen and oxygen atoms in total. The maximum absolute atomic E-state index is 13.0. The molecule has 0 spiro atoms. The third-order valence-electron chi connectivity index (χ3n) is 5.33. The van der Waals surface area contributed by atoms with Crippen molar-refractivity contribution in [2.45, 2.75) is 23.8 Å². The van der Waals surface area contributed by atoms with E-state index in [2.05, 4.69) is 5.32 Å². The third-order valence-corrected chi connectivity index (χ3v) is 7.23. The van der Waals surface area contributed by atoms with E-state index >= 15 is 0 Å². The molecule has 0 saturated carbocycles. The molecular formula is C19H25N3O7S. The summed E-state index contributed by atoms with van der Waals surface area (Å²) in [6, 6.07) is 4.37. The van der Waals surface area contributed by atoms with E-state index in [0.29, 0.717) is 32.1 Å². The maximum atomic E-state index is 13.0. The fourth-order valence-electron chi connectivity index (χ4n) is 3.68. The minimum Gasteiger partial charge on any atom is -0.482 e. The van der Waals surface area contributed by atoms with Crippen molar-refractivity contribution in [1.29, 1.82) is 0 Å². The number of anilines is 1. The number of carbonyl (C=O) groups is 2. The summed E-state index contributed by atoms with van der Waals surface area (Å²) in [5.41, 5.74) is 0.271. The standard InChI is InChI=1S/C19H25N3O7S/c23-18(20-11-14-2-1-7-28-14)12-22-16-10-15(3-4-17(16)29-13-19(22)24)30(25,26)21-5-8-27-9-6-21/h3-4,10,14H,1-2,5-9,11-13H2,(H,20,23)/t14-/m1/s1. The van der Waals surface area contributed by atoms with Gasteiger partial charge in [-0.1, -0.05) is 0 Å². The van der Waals surface area contributed by atoms with Crippen LogP contribution in [0.1, 0.15) is 12.8 Å². The average molecular weight is 439 g/mol. The van der Waals surface area contributed by atoms with E-state index < -0.39 is 15.9 Å². The van der Waals surface area contributed by atoms with Gasteiger partial charge in [0.1, 0.15) is 12.3 Å². The van der Waals surface area contributed by atoms with Gasteiger partial charge in [-0.05, 0) is 31.0 Å². The summed E-state index contributed by atoms with van der Waals surface area (Å²) in [5.74, 6) is -0.383. The number of fused-ring (bicyclic) bond motifs is 1. The molecule has 3 aliphatic rings. The van der Waals surface area contributed by atoms with Gasteiger partial charge in [-0.3, -0.25) is 14.5 Å². The van der Waals surface area contributed by atoms with Crippen molar-refractivity contribution in [3.8, 4) is 5.75 Å². The van der Waals surface area contributed by atoms with Crippen LogP contribution in [0.3, 0.4) is 0 Å². The highest BCUT2D eigenvalue weighted by atomic mass is 32.2. The summed E-state index contributed by atoms with van der Waals surface area (Å²) in [7, 11) is -3.74. The molecule has 3 aliphatic heterocycles. The Bertz CT molecular complexity index is 909. The van der Waals surface area contributed by atoms with E-state index in [9.17, 15) is 18.0 Å². The molecule has 2 fully saturated rings. The van der Waals surface area contributed by atoms with E-state index in [1.54, 1.807) is 0 Å². The summed E-state index contributed by atoms with van der Waals surface area (Å²) >= 11 is 0. The van der Waals surface area contributed by atoms with Crippen LogP contribution >= 0.6 is 0 Å². The first-order chi connectivity index (χ1) is 14.4. The molecule has 0 aromatic heterocycles.